The van der Waals surface area contributed by atoms with Gasteiger partial charge in [-0.1, -0.05) is 0 Å². The predicted octanol–water partition coefficient (Wildman–Crippen LogP) is 1.89. The highest BCUT2D eigenvalue weighted by Crippen LogP contribution is 2.33. The molecule has 3 heterocycles. The first-order valence-electron chi connectivity index (χ1n) is 9.73. The molecule has 3 aliphatic rings. The summed E-state index contributed by atoms with van der Waals surface area (Å²) in [6.07, 6.45) is -4.95. The fraction of sp³-hybridized carbons (Fsp3) is 0.579. The number of amides is 3. The molecule has 1 aromatic carbocycles. The van der Waals surface area contributed by atoms with E-state index in [1.807, 2.05) is 0 Å². The van der Waals surface area contributed by atoms with Crippen molar-refractivity contribution in [1.82, 2.24) is 15.1 Å². The third-order valence-electron chi connectivity index (χ3n) is 5.63. The van der Waals surface area contributed by atoms with Gasteiger partial charge in [-0.15, -0.1) is 0 Å². The fourth-order valence-corrected chi connectivity index (χ4v) is 3.90. The lowest BCUT2D eigenvalue weighted by molar-refractivity contribution is -0.140. The molecule has 3 aliphatic heterocycles. The number of urea groups is 1. The number of carbonyl (C=O) groups is 2. The van der Waals surface area contributed by atoms with Gasteiger partial charge in [-0.05, 0) is 12.5 Å². The van der Waals surface area contributed by atoms with Crippen molar-refractivity contribution >= 4 is 11.9 Å². The minimum Gasteiger partial charge on any atom is -0.370 e. The highest BCUT2D eigenvalue weighted by Gasteiger charge is 2.40. The Labute approximate surface area is 174 Å². The van der Waals surface area contributed by atoms with E-state index in [9.17, 15) is 31.5 Å². The lowest BCUT2D eigenvalue weighted by Gasteiger charge is -2.45. The molecule has 0 spiro atoms. The lowest BCUT2D eigenvalue weighted by atomic mass is 10.0. The zero-order valence-corrected chi connectivity index (χ0v) is 16.3. The average Bonchev–Trinajstić information content (AvgIpc) is 2.66. The third kappa shape index (κ3) is 4.59. The van der Waals surface area contributed by atoms with E-state index in [2.05, 4.69) is 5.32 Å². The first-order chi connectivity index (χ1) is 14.6. The monoisotopic (exact) mass is 449 g/mol. The number of piperidine rings is 1. The van der Waals surface area contributed by atoms with Gasteiger partial charge in [0.05, 0.1) is 43.5 Å². The number of benzene rings is 1. The Morgan fingerprint density at radius 3 is 2.61 bits per heavy atom. The molecule has 0 unspecified atom stereocenters. The summed E-state index contributed by atoms with van der Waals surface area (Å²) in [5.41, 5.74) is -1.96. The Morgan fingerprint density at radius 1 is 1.16 bits per heavy atom. The van der Waals surface area contributed by atoms with Gasteiger partial charge in [0, 0.05) is 24.7 Å². The maximum Gasteiger partial charge on any atom is 0.419 e. The molecule has 0 bridgehead atoms. The highest BCUT2D eigenvalue weighted by molar-refractivity contribution is 5.79. The number of ether oxygens (including phenoxy) is 2. The summed E-state index contributed by atoms with van der Waals surface area (Å²) in [6.45, 7) is 0.720. The van der Waals surface area contributed by atoms with Crippen LogP contribution in [0.25, 0.3) is 0 Å². The molecule has 0 aromatic heterocycles. The molecular weight excluding hydrogens is 429 g/mol. The van der Waals surface area contributed by atoms with Crippen LogP contribution in [0.2, 0.25) is 0 Å². The number of fused-ring (bicyclic) bond motifs is 1. The van der Waals surface area contributed by atoms with Crippen molar-refractivity contribution in [2.75, 3.05) is 32.8 Å². The van der Waals surface area contributed by atoms with Gasteiger partial charge >= 0.3 is 12.2 Å². The zero-order valence-electron chi connectivity index (χ0n) is 16.3. The number of nitrogens with zero attached hydrogens (tertiary/aromatic N) is 2. The van der Waals surface area contributed by atoms with Gasteiger partial charge in [-0.25, -0.2) is 13.6 Å². The standard InChI is InChI=1S/C19H20F5N3O4/c20-13-4-14(21)12(19(22,23)24)3-10(13)8-30-11-5-27(6-11)18(29)26-2-1-16-15(7-26)25-17(28)9-31-16/h3-4,11,15-16H,1-2,5-9H2,(H,25,28)/t15-,16+/m1/s1. The quantitative estimate of drug-likeness (QED) is 0.716. The maximum atomic E-state index is 13.8. The van der Waals surface area contributed by atoms with E-state index in [0.29, 0.717) is 25.6 Å². The van der Waals surface area contributed by atoms with Crippen LogP contribution in [0, 0.1) is 11.6 Å². The molecule has 12 heteroatoms. The second-order valence-electron chi connectivity index (χ2n) is 7.80. The number of morpholine rings is 1. The molecule has 3 fully saturated rings. The van der Waals surface area contributed by atoms with E-state index in [4.69, 9.17) is 9.47 Å². The number of rotatable bonds is 3. The van der Waals surface area contributed by atoms with E-state index in [0.717, 1.165) is 0 Å². The number of hydrogen-bond acceptors (Lipinski definition) is 4. The van der Waals surface area contributed by atoms with E-state index in [1.54, 1.807) is 4.90 Å². The molecular formula is C19H20F5N3O4. The van der Waals surface area contributed by atoms with Crippen molar-refractivity contribution in [3.8, 4) is 0 Å². The number of nitrogens with one attached hydrogen (secondary N) is 1. The highest BCUT2D eigenvalue weighted by atomic mass is 19.4. The SMILES string of the molecule is O=C1CO[C@H]2CCN(C(=O)N3CC(OCc4cc(C(F)(F)F)c(F)cc4F)C3)C[C@H]2N1. The Bertz CT molecular complexity index is 875. The number of alkyl halides is 3. The van der Waals surface area contributed by atoms with E-state index >= 15 is 0 Å². The van der Waals surface area contributed by atoms with Crippen LogP contribution in [0.1, 0.15) is 17.5 Å². The van der Waals surface area contributed by atoms with Crippen LogP contribution in [-0.2, 0) is 27.1 Å². The fourth-order valence-electron chi connectivity index (χ4n) is 3.90. The molecule has 4 rings (SSSR count). The number of carbonyl (C=O) groups excluding carboxylic acids is 2. The smallest absolute Gasteiger partial charge is 0.370 e. The second-order valence-corrected chi connectivity index (χ2v) is 7.80. The predicted molar refractivity (Wildman–Crippen MR) is 94.8 cm³/mol. The van der Waals surface area contributed by atoms with Crippen LogP contribution in [-0.4, -0.2) is 72.8 Å². The summed E-state index contributed by atoms with van der Waals surface area (Å²) in [5, 5.41) is 2.81. The summed E-state index contributed by atoms with van der Waals surface area (Å²) < 4.78 is 76.4. The number of hydrogen-bond donors (Lipinski definition) is 1. The molecule has 31 heavy (non-hydrogen) atoms. The van der Waals surface area contributed by atoms with Crippen molar-refractivity contribution in [1.29, 1.82) is 0 Å². The summed E-state index contributed by atoms with van der Waals surface area (Å²) >= 11 is 0. The second kappa shape index (κ2) is 8.23. The zero-order chi connectivity index (χ0) is 22.3. The van der Waals surface area contributed by atoms with Crippen LogP contribution in [0.3, 0.4) is 0 Å². The van der Waals surface area contributed by atoms with E-state index in [1.165, 1.54) is 4.90 Å². The Morgan fingerprint density at radius 2 is 1.90 bits per heavy atom. The van der Waals surface area contributed by atoms with Crippen molar-refractivity contribution in [2.45, 2.75) is 37.5 Å². The molecule has 0 saturated carbocycles. The third-order valence-corrected chi connectivity index (χ3v) is 5.63. The van der Waals surface area contributed by atoms with Gasteiger partial charge < -0.3 is 24.6 Å². The maximum absolute atomic E-state index is 13.8. The largest absolute Gasteiger partial charge is 0.419 e. The molecule has 3 saturated heterocycles. The topological polar surface area (TPSA) is 71.1 Å². The number of likely N-dealkylation sites (tertiary alicyclic amines) is 2. The first-order valence-corrected chi connectivity index (χ1v) is 9.73. The minimum atomic E-state index is -4.94. The van der Waals surface area contributed by atoms with Crippen molar-refractivity contribution in [2.24, 2.45) is 0 Å². The van der Waals surface area contributed by atoms with Gasteiger partial charge in [0.2, 0.25) is 5.91 Å². The molecule has 0 radical (unpaired) electrons. The van der Waals surface area contributed by atoms with Crippen LogP contribution in [0.4, 0.5) is 26.7 Å². The van der Waals surface area contributed by atoms with Crippen LogP contribution in [0.15, 0.2) is 12.1 Å². The van der Waals surface area contributed by atoms with Gasteiger partial charge in [-0.3, -0.25) is 4.79 Å². The van der Waals surface area contributed by atoms with Gasteiger partial charge in [0.1, 0.15) is 18.2 Å². The molecule has 2 atom stereocenters. The molecule has 3 amide bonds. The first kappa shape index (κ1) is 21.8. The normalized spacial score (nSPS) is 24.5. The van der Waals surface area contributed by atoms with E-state index in [-0.39, 0.29) is 49.8 Å². The Kier molecular flexibility index (Phi) is 5.77. The molecule has 0 aliphatic carbocycles. The summed E-state index contributed by atoms with van der Waals surface area (Å²) in [5.74, 6) is -3.04. The summed E-state index contributed by atoms with van der Waals surface area (Å²) in [4.78, 5) is 27.2. The average molecular weight is 449 g/mol. The molecule has 1 aromatic rings. The minimum absolute atomic E-state index is 0.0133. The summed E-state index contributed by atoms with van der Waals surface area (Å²) in [6, 6.07) is 0.0777. The Hall–Kier alpha value is -2.47. The van der Waals surface area contributed by atoms with Crippen molar-refractivity contribution < 1.29 is 41.0 Å². The molecule has 7 nitrogen and oxygen atoms in total. The van der Waals surface area contributed by atoms with Crippen LogP contribution < -0.4 is 5.32 Å². The van der Waals surface area contributed by atoms with Crippen LogP contribution >= 0.6 is 0 Å². The molecule has 1 N–H and O–H groups in total. The van der Waals surface area contributed by atoms with Crippen molar-refractivity contribution in [3.63, 3.8) is 0 Å². The Balaban J connectivity index is 1.27. The van der Waals surface area contributed by atoms with Gasteiger partial charge in [0.25, 0.3) is 0 Å². The number of halogens is 5. The summed E-state index contributed by atoms with van der Waals surface area (Å²) in [7, 11) is 0. The van der Waals surface area contributed by atoms with Gasteiger partial charge in [0.15, 0.2) is 0 Å². The van der Waals surface area contributed by atoms with Gasteiger partial charge in [-0.2, -0.15) is 13.2 Å². The van der Waals surface area contributed by atoms with Crippen molar-refractivity contribution in [3.05, 3.63) is 34.9 Å². The van der Waals surface area contributed by atoms with E-state index < -0.39 is 41.6 Å². The lowest BCUT2D eigenvalue weighted by Crippen LogP contribution is -2.65. The van der Waals surface area contributed by atoms with Crippen LogP contribution in [0.5, 0.6) is 0 Å². The molecule has 170 valence electrons.